The van der Waals surface area contributed by atoms with Crippen molar-refractivity contribution in [2.75, 3.05) is 41.0 Å². The Labute approximate surface area is 358 Å². The van der Waals surface area contributed by atoms with Crippen LogP contribution in [0, 0.1) is 0 Å². The predicted molar refractivity (Wildman–Crippen MR) is 240 cm³/mol. The molecule has 0 aliphatic rings. The van der Waals surface area contributed by atoms with Gasteiger partial charge >= 0.3 is 11.9 Å². The standard InChI is InChI=1S/C50H93NO7/c1-6-8-10-12-14-16-18-20-21-22-23-24-25-26-27-29-30-32-34-36-38-40-48(52)57-45-46(44-56-43-42-47(50(54)55)51(3,4)5)58-49(53)41-39-37-35-33-31-28-19-17-15-13-11-9-7-2/h28,31,35,37,46-47H,6-27,29-30,32-34,36,38-45H2,1-5H3/b31-28+,37-35+. The molecule has 8 heteroatoms. The molecule has 0 aromatic rings. The maximum absolute atomic E-state index is 12.7. The molecule has 2 unspecified atom stereocenters. The van der Waals surface area contributed by atoms with Crippen molar-refractivity contribution in [3.05, 3.63) is 24.3 Å². The molecule has 0 saturated heterocycles. The quantitative estimate of drug-likeness (QED) is 0.0261. The van der Waals surface area contributed by atoms with Gasteiger partial charge in [-0.15, -0.1) is 0 Å². The van der Waals surface area contributed by atoms with Crippen LogP contribution in [0.3, 0.4) is 0 Å². The van der Waals surface area contributed by atoms with E-state index in [1.807, 2.05) is 6.08 Å². The topological polar surface area (TPSA) is 102 Å². The summed E-state index contributed by atoms with van der Waals surface area (Å²) in [4.78, 5) is 36.9. The number of unbranched alkanes of at least 4 members (excludes halogenated alkanes) is 26. The van der Waals surface area contributed by atoms with E-state index in [4.69, 9.17) is 14.2 Å². The minimum Gasteiger partial charge on any atom is -0.544 e. The zero-order valence-electron chi connectivity index (χ0n) is 38.7. The number of allylic oxidation sites excluding steroid dienone is 4. The van der Waals surface area contributed by atoms with Crippen molar-refractivity contribution >= 4 is 17.9 Å². The SMILES string of the molecule is CCCCCCCC/C=C/C/C=C/CCC(=O)OC(COCCC(C(=O)[O-])[N+](C)(C)C)COC(=O)CCCCCCCCCCCCCCCCCCCCCCC. The van der Waals surface area contributed by atoms with E-state index in [1.54, 1.807) is 21.1 Å². The molecule has 0 rings (SSSR count). The summed E-state index contributed by atoms with van der Waals surface area (Å²) in [5.41, 5.74) is 0. The van der Waals surface area contributed by atoms with Gasteiger partial charge in [-0.25, -0.2) is 0 Å². The van der Waals surface area contributed by atoms with E-state index >= 15 is 0 Å². The third-order valence-electron chi connectivity index (χ3n) is 11.1. The number of rotatable bonds is 44. The molecule has 0 spiro atoms. The van der Waals surface area contributed by atoms with E-state index in [2.05, 4.69) is 32.1 Å². The van der Waals surface area contributed by atoms with Crippen LogP contribution in [0.4, 0.5) is 0 Å². The van der Waals surface area contributed by atoms with Crippen molar-refractivity contribution in [3.8, 4) is 0 Å². The summed E-state index contributed by atoms with van der Waals surface area (Å²) < 4.78 is 17.1. The molecule has 0 aromatic heterocycles. The van der Waals surface area contributed by atoms with Gasteiger partial charge in [0.15, 0.2) is 6.10 Å². The number of ether oxygens (including phenoxy) is 3. The number of likely N-dealkylation sites (N-methyl/N-ethyl adjacent to an activating group) is 1. The molecular weight excluding hydrogens is 727 g/mol. The van der Waals surface area contributed by atoms with Crippen molar-refractivity contribution in [1.29, 1.82) is 0 Å². The highest BCUT2D eigenvalue weighted by molar-refractivity contribution is 5.70. The third kappa shape index (κ3) is 39.3. The molecule has 0 radical (unpaired) electrons. The second kappa shape index (κ2) is 41.5. The van der Waals surface area contributed by atoms with Crippen LogP contribution < -0.4 is 5.11 Å². The number of carbonyl (C=O) groups excluding carboxylic acids is 3. The van der Waals surface area contributed by atoms with E-state index in [1.165, 1.54) is 154 Å². The first-order chi connectivity index (χ1) is 28.1. The van der Waals surface area contributed by atoms with Crippen molar-refractivity contribution in [2.45, 2.75) is 238 Å². The summed E-state index contributed by atoms with van der Waals surface area (Å²) in [5.74, 6) is -1.81. The van der Waals surface area contributed by atoms with Gasteiger partial charge in [-0.05, 0) is 32.1 Å². The molecule has 0 aliphatic heterocycles. The van der Waals surface area contributed by atoms with Gasteiger partial charge in [-0.3, -0.25) is 9.59 Å². The number of quaternary nitrogens is 1. The molecule has 0 aromatic carbocycles. The summed E-state index contributed by atoms with van der Waals surface area (Å²) >= 11 is 0. The van der Waals surface area contributed by atoms with Gasteiger partial charge in [0.1, 0.15) is 12.6 Å². The maximum Gasteiger partial charge on any atom is 0.306 e. The number of carboxylic acid groups (broad SMARTS) is 1. The van der Waals surface area contributed by atoms with Crippen molar-refractivity contribution in [3.63, 3.8) is 0 Å². The first-order valence-corrected chi connectivity index (χ1v) is 24.4. The fourth-order valence-corrected chi connectivity index (χ4v) is 7.30. The minimum absolute atomic E-state index is 0.0223. The molecule has 0 fully saturated rings. The number of aliphatic carboxylic acids is 1. The Bertz CT molecular complexity index is 1000. The largest absolute Gasteiger partial charge is 0.544 e. The number of nitrogens with zero attached hydrogens (tertiary/aromatic N) is 1. The van der Waals surface area contributed by atoms with Gasteiger partial charge in [-0.2, -0.15) is 0 Å². The Morgan fingerprint density at radius 3 is 1.40 bits per heavy atom. The average molecular weight is 820 g/mol. The number of carbonyl (C=O) groups is 3. The summed E-state index contributed by atoms with van der Waals surface area (Å²) in [6, 6.07) is -0.732. The Morgan fingerprint density at radius 1 is 0.517 bits per heavy atom. The Morgan fingerprint density at radius 2 is 0.948 bits per heavy atom. The van der Waals surface area contributed by atoms with Crippen LogP contribution in [0.5, 0.6) is 0 Å². The van der Waals surface area contributed by atoms with Crippen LogP contribution in [0.1, 0.15) is 226 Å². The fraction of sp³-hybridized carbons (Fsp3) is 0.860. The maximum atomic E-state index is 12.7. The molecular formula is C50H93NO7. The zero-order valence-corrected chi connectivity index (χ0v) is 38.7. The van der Waals surface area contributed by atoms with E-state index < -0.39 is 18.1 Å². The van der Waals surface area contributed by atoms with Crippen LogP contribution in [0.2, 0.25) is 0 Å². The van der Waals surface area contributed by atoms with Gasteiger partial charge in [0.05, 0.1) is 40.3 Å². The van der Waals surface area contributed by atoms with Gasteiger partial charge in [0.2, 0.25) is 0 Å². The van der Waals surface area contributed by atoms with Crippen LogP contribution in [-0.4, -0.2) is 75.5 Å². The highest BCUT2D eigenvalue weighted by Gasteiger charge is 2.25. The third-order valence-corrected chi connectivity index (χ3v) is 11.1. The lowest BCUT2D eigenvalue weighted by atomic mass is 10.0. The van der Waals surface area contributed by atoms with Gasteiger partial charge in [0, 0.05) is 19.3 Å². The number of hydrogen-bond donors (Lipinski definition) is 0. The smallest absolute Gasteiger partial charge is 0.306 e. The summed E-state index contributed by atoms with van der Waals surface area (Å²) in [6.45, 7) is 4.62. The molecule has 0 heterocycles. The molecule has 8 nitrogen and oxygen atoms in total. The summed E-state index contributed by atoms with van der Waals surface area (Å²) in [7, 11) is 5.40. The van der Waals surface area contributed by atoms with Crippen molar-refractivity contribution in [2.24, 2.45) is 0 Å². The van der Waals surface area contributed by atoms with Crippen LogP contribution in [0.15, 0.2) is 24.3 Å². The number of hydrogen-bond acceptors (Lipinski definition) is 7. The number of carboxylic acids is 1. The highest BCUT2D eigenvalue weighted by Crippen LogP contribution is 2.16. The first-order valence-electron chi connectivity index (χ1n) is 24.4. The van der Waals surface area contributed by atoms with Crippen molar-refractivity contribution < 1.29 is 38.2 Å². The van der Waals surface area contributed by atoms with Gasteiger partial charge in [-0.1, -0.05) is 199 Å². The van der Waals surface area contributed by atoms with E-state index in [9.17, 15) is 19.5 Å². The average Bonchev–Trinajstić information content (AvgIpc) is 3.18. The Balaban J connectivity index is 4.24. The first kappa shape index (κ1) is 55.8. The lowest BCUT2D eigenvalue weighted by molar-refractivity contribution is -0.889. The molecule has 0 saturated carbocycles. The molecule has 0 bridgehead atoms. The van der Waals surface area contributed by atoms with Gasteiger partial charge < -0.3 is 28.6 Å². The second-order valence-corrected chi connectivity index (χ2v) is 17.7. The number of esters is 2. The highest BCUT2D eigenvalue weighted by atomic mass is 16.6. The summed E-state index contributed by atoms with van der Waals surface area (Å²) in [6.07, 6.45) is 46.6. The van der Waals surface area contributed by atoms with Crippen LogP contribution in [-0.2, 0) is 28.6 Å². The predicted octanol–water partition coefficient (Wildman–Crippen LogP) is 12.3. The van der Waals surface area contributed by atoms with E-state index in [0.717, 1.165) is 32.1 Å². The minimum atomic E-state index is -1.13. The monoisotopic (exact) mass is 820 g/mol. The summed E-state index contributed by atoms with van der Waals surface area (Å²) in [5, 5.41) is 11.6. The molecule has 58 heavy (non-hydrogen) atoms. The molecule has 0 N–H and O–H groups in total. The molecule has 0 amide bonds. The lowest BCUT2D eigenvalue weighted by Gasteiger charge is -2.34. The van der Waals surface area contributed by atoms with Crippen molar-refractivity contribution in [1.82, 2.24) is 0 Å². The fourth-order valence-electron chi connectivity index (χ4n) is 7.30. The molecule has 340 valence electrons. The van der Waals surface area contributed by atoms with Crippen LogP contribution >= 0.6 is 0 Å². The van der Waals surface area contributed by atoms with Gasteiger partial charge in [0.25, 0.3) is 0 Å². The Kier molecular flexibility index (Phi) is 40.0. The molecule has 0 aliphatic carbocycles. The normalized spacial score (nSPS) is 13.1. The van der Waals surface area contributed by atoms with E-state index in [0.29, 0.717) is 12.8 Å². The second-order valence-electron chi connectivity index (χ2n) is 17.7. The lowest BCUT2D eigenvalue weighted by Crippen LogP contribution is -2.55. The molecule has 2 atom stereocenters. The van der Waals surface area contributed by atoms with Crippen LogP contribution in [0.25, 0.3) is 0 Å². The zero-order chi connectivity index (χ0) is 42.8. The van der Waals surface area contributed by atoms with E-state index in [-0.39, 0.29) is 49.1 Å². The Hall–Kier alpha value is -2.19.